The SMILES string of the molecule is COC(=O)c1cc(C)n(Cc2ccccc2)c1C(C)C. The minimum atomic E-state index is -0.261. The summed E-state index contributed by atoms with van der Waals surface area (Å²) in [6.07, 6.45) is 0. The van der Waals surface area contributed by atoms with Crippen molar-refractivity contribution in [1.29, 1.82) is 0 Å². The van der Waals surface area contributed by atoms with Crippen molar-refractivity contribution in [3.8, 4) is 0 Å². The molecule has 0 spiro atoms. The second-order valence-electron chi connectivity index (χ2n) is 5.30. The molecule has 1 aromatic carbocycles. The summed E-state index contributed by atoms with van der Waals surface area (Å²) in [7, 11) is 1.43. The predicted octanol–water partition coefficient (Wildman–Crippen LogP) is 3.75. The first-order chi connectivity index (χ1) is 9.54. The van der Waals surface area contributed by atoms with Crippen LogP contribution in [0.5, 0.6) is 0 Å². The highest BCUT2D eigenvalue weighted by atomic mass is 16.5. The largest absolute Gasteiger partial charge is 0.465 e. The topological polar surface area (TPSA) is 31.2 Å². The molecule has 20 heavy (non-hydrogen) atoms. The van der Waals surface area contributed by atoms with E-state index in [2.05, 4.69) is 30.5 Å². The molecule has 0 saturated heterocycles. The van der Waals surface area contributed by atoms with Gasteiger partial charge in [-0.15, -0.1) is 0 Å². The number of carbonyl (C=O) groups excluding carboxylic acids is 1. The minimum Gasteiger partial charge on any atom is -0.465 e. The Morgan fingerprint density at radius 2 is 1.90 bits per heavy atom. The highest BCUT2D eigenvalue weighted by molar-refractivity contribution is 5.91. The van der Waals surface area contributed by atoms with Gasteiger partial charge in [0.1, 0.15) is 0 Å². The number of esters is 1. The Labute approximate surface area is 120 Å². The number of rotatable bonds is 4. The molecule has 1 aromatic heterocycles. The van der Waals surface area contributed by atoms with Crippen LogP contribution < -0.4 is 0 Å². The molecular formula is C17H21NO2. The van der Waals surface area contributed by atoms with Crippen molar-refractivity contribution in [2.75, 3.05) is 7.11 Å². The van der Waals surface area contributed by atoms with Crippen LogP contribution in [0.1, 0.15) is 47.1 Å². The van der Waals surface area contributed by atoms with Crippen LogP contribution in [0.25, 0.3) is 0 Å². The molecule has 1 heterocycles. The molecule has 0 N–H and O–H groups in total. The van der Waals surface area contributed by atoms with Crippen molar-refractivity contribution in [2.45, 2.75) is 33.2 Å². The fourth-order valence-corrected chi connectivity index (χ4v) is 2.57. The molecule has 2 aromatic rings. The first kappa shape index (κ1) is 14.4. The Morgan fingerprint density at radius 3 is 2.45 bits per heavy atom. The van der Waals surface area contributed by atoms with E-state index in [9.17, 15) is 4.79 Å². The van der Waals surface area contributed by atoms with E-state index < -0.39 is 0 Å². The summed E-state index contributed by atoms with van der Waals surface area (Å²) in [5, 5.41) is 0. The van der Waals surface area contributed by atoms with Gasteiger partial charge in [0.25, 0.3) is 0 Å². The fraction of sp³-hybridized carbons (Fsp3) is 0.353. The van der Waals surface area contributed by atoms with E-state index in [0.717, 1.165) is 17.9 Å². The fourth-order valence-electron chi connectivity index (χ4n) is 2.57. The van der Waals surface area contributed by atoms with Gasteiger partial charge in [-0.3, -0.25) is 0 Å². The van der Waals surface area contributed by atoms with Crippen LogP contribution in [0, 0.1) is 6.92 Å². The van der Waals surface area contributed by atoms with Gasteiger partial charge in [-0.2, -0.15) is 0 Å². The van der Waals surface area contributed by atoms with Crippen molar-refractivity contribution in [3.63, 3.8) is 0 Å². The van der Waals surface area contributed by atoms with Crippen molar-refractivity contribution in [2.24, 2.45) is 0 Å². The Kier molecular flexibility index (Phi) is 4.28. The zero-order chi connectivity index (χ0) is 14.7. The number of ether oxygens (including phenoxy) is 1. The monoisotopic (exact) mass is 271 g/mol. The van der Waals surface area contributed by atoms with Gasteiger partial charge in [-0.25, -0.2) is 4.79 Å². The second kappa shape index (κ2) is 5.95. The molecule has 0 fully saturated rings. The molecule has 0 saturated carbocycles. The molecule has 0 aliphatic carbocycles. The minimum absolute atomic E-state index is 0.261. The van der Waals surface area contributed by atoms with Crippen molar-refractivity contribution < 1.29 is 9.53 Å². The zero-order valence-corrected chi connectivity index (χ0v) is 12.5. The van der Waals surface area contributed by atoms with Gasteiger partial charge >= 0.3 is 5.97 Å². The number of nitrogens with zero attached hydrogens (tertiary/aromatic N) is 1. The Morgan fingerprint density at radius 1 is 1.25 bits per heavy atom. The second-order valence-corrected chi connectivity index (χ2v) is 5.30. The van der Waals surface area contributed by atoms with Crippen LogP contribution in [0.15, 0.2) is 36.4 Å². The Bertz CT molecular complexity index is 597. The van der Waals surface area contributed by atoms with Crippen LogP contribution >= 0.6 is 0 Å². The van der Waals surface area contributed by atoms with Gasteiger partial charge in [0.2, 0.25) is 0 Å². The van der Waals surface area contributed by atoms with E-state index in [4.69, 9.17) is 4.74 Å². The number of carbonyl (C=O) groups is 1. The highest BCUT2D eigenvalue weighted by Crippen LogP contribution is 2.25. The molecule has 0 aliphatic rings. The molecule has 3 nitrogen and oxygen atoms in total. The van der Waals surface area contributed by atoms with Crippen LogP contribution in [0.2, 0.25) is 0 Å². The number of methoxy groups -OCH3 is 1. The van der Waals surface area contributed by atoms with E-state index in [1.54, 1.807) is 0 Å². The Hall–Kier alpha value is -2.03. The third-order valence-electron chi connectivity index (χ3n) is 3.48. The molecule has 0 bridgehead atoms. The van der Waals surface area contributed by atoms with Crippen LogP contribution in [0.3, 0.4) is 0 Å². The summed E-state index contributed by atoms with van der Waals surface area (Å²) < 4.78 is 7.09. The lowest BCUT2D eigenvalue weighted by Crippen LogP contribution is -2.11. The summed E-state index contributed by atoms with van der Waals surface area (Å²) in [5.41, 5.74) is 4.02. The molecule has 0 unspecified atom stereocenters. The van der Waals surface area contributed by atoms with Gasteiger partial charge in [-0.1, -0.05) is 44.2 Å². The molecule has 0 amide bonds. The number of aromatic nitrogens is 1. The summed E-state index contributed by atoms with van der Waals surface area (Å²) >= 11 is 0. The quantitative estimate of drug-likeness (QED) is 0.793. The lowest BCUT2D eigenvalue weighted by molar-refractivity contribution is 0.0599. The predicted molar refractivity (Wildman–Crippen MR) is 80.1 cm³/mol. The van der Waals surface area contributed by atoms with Gasteiger partial charge in [0.05, 0.1) is 12.7 Å². The number of benzene rings is 1. The highest BCUT2D eigenvalue weighted by Gasteiger charge is 2.21. The molecule has 106 valence electrons. The maximum atomic E-state index is 11.9. The maximum Gasteiger partial charge on any atom is 0.339 e. The first-order valence-corrected chi connectivity index (χ1v) is 6.86. The van der Waals surface area contributed by atoms with E-state index in [1.165, 1.54) is 12.7 Å². The van der Waals surface area contributed by atoms with E-state index in [1.807, 2.05) is 31.2 Å². The van der Waals surface area contributed by atoms with Gasteiger partial charge in [0.15, 0.2) is 0 Å². The molecule has 3 heteroatoms. The third-order valence-corrected chi connectivity index (χ3v) is 3.48. The zero-order valence-electron chi connectivity index (χ0n) is 12.5. The van der Waals surface area contributed by atoms with E-state index in [-0.39, 0.29) is 11.9 Å². The summed E-state index contributed by atoms with van der Waals surface area (Å²) in [6.45, 7) is 7.00. The average molecular weight is 271 g/mol. The molecule has 0 aliphatic heterocycles. The van der Waals surface area contributed by atoms with Gasteiger partial charge < -0.3 is 9.30 Å². The average Bonchev–Trinajstić information content (AvgIpc) is 2.76. The molecular weight excluding hydrogens is 250 g/mol. The maximum absolute atomic E-state index is 11.9. The first-order valence-electron chi connectivity index (χ1n) is 6.86. The normalized spacial score (nSPS) is 10.8. The number of hydrogen-bond donors (Lipinski definition) is 0. The van der Waals surface area contributed by atoms with Gasteiger partial charge in [-0.05, 0) is 24.5 Å². The summed E-state index contributed by atoms with van der Waals surface area (Å²) in [6, 6.07) is 12.2. The lowest BCUT2D eigenvalue weighted by atomic mass is 10.1. The van der Waals surface area contributed by atoms with Crippen molar-refractivity contribution >= 4 is 5.97 Å². The number of hydrogen-bond acceptors (Lipinski definition) is 2. The standard InChI is InChI=1S/C17H21NO2/c1-12(2)16-15(17(19)20-4)10-13(3)18(16)11-14-8-6-5-7-9-14/h5-10,12H,11H2,1-4H3. The lowest BCUT2D eigenvalue weighted by Gasteiger charge is -2.15. The van der Waals surface area contributed by atoms with Crippen molar-refractivity contribution in [3.05, 3.63) is 58.9 Å². The van der Waals surface area contributed by atoms with E-state index >= 15 is 0 Å². The molecule has 0 radical (unpaired) electrons. The summed E-state index contributed by atoms with van der Waals surface area (Å²) in [4.78, 5) is 11.9. The van der Waals surface area contributed by atoms with Crippen molar-refractivity contribution in [1.82, 2.24) is 4.57 Å². The van der Waals surface area contributed by atoms with Crippen LogP contribution in [0.4, 0.5) is 0 Å². The van der Waals surface area contributed by atoms with E-state index in [0.29, 0.717) is 5.56 Å². The Balaban J connectivity index is 2.47. The van der Waals surface area contributed by atoms with Gasteiger partial charge in [0, 0.05) is 17.9 Å². The van der Waals surface area contributed by atoms with Crippen LogP contribution in [-0.2, 0) is 11.3 Å². The molecule has 0 atom stereocenters. The third kappa shape index (κ3) is 2.77. The number of aryl methyl sites for hydroxylation is 1. The smallest absolute Gasteiger partial charge is 0.339 e. The van der Waals surface area contributed by atoms with Crippen LogP contribution in [-0.4, -0.2) is 17.6 Å². The molecule has 2 rings (SSSR count). The summed E-state index contributed by atoms with van der Waals surface area (Å²) in [5.74, 6) is 0.00474.